The summed E-state index contributed by atoms with van der Waals surface area (Å²) in [4.78, 5) is 21.3. The normalized spacial score (nSPS) is 36.1. The van der Waals surface area contributed by atoms with Crippen LogP contribution in [0.2, 0.25) is 0 Å². The van der Waals surface area contributed by atoms with Crippen LogP contribution in [0.3, 0.4) is 0 Å². The van der Waals surface area contributed by atoms with Crippen molar-refractivity contribution >= 4 is 11.8 Å². The van der Waals surface area contributed by atoms with E-state index < -0.39 is 49.1 Å². The summed E-state index contributed by atoms with van der Waals surface area (Å²) in [6.07, 6.45) is -7.10. The topological polar surface area (TPSA) is 174 Å². The van der Waals surface area contributed by atoms with E-state index in [1.54, 1.807) is 0 Å². The Bertz CT molecular complexity index is 324. The number of amides is 2. The highest BCUT2D eigenvalue weighted by molar-refractivity contribution is 6.34. The molecule has 10 nitrogen and oxygen atoms in total. The molecule has 1 saturated heterocycles. The summed E-state index contributed by atoms with van der Waals surface area (Å²) >= 11 is 0. The van der Waals surface area contributed by atoms with Crippen molar-refractivity contribution in [3.8, 4) is 0 Å². The van der Waals surface area contributed by atoms with Gasteiger partial charge in [0.05, 0.1) is 6.61 Å². The third-order valence-electron chi connectivity index (χ3n) is 2.44. The van der Waals surface area contributed by atoms with E-state index in [1.807, 2.05) is 5.43 Å². The van der Waals surface area contributed by atoms with Gasteiger partial charge in [0.15, 0.2) is 6.23 Å². The number of aliphatic hydroxyl groups excluding tert-OH is 4. The number of hydrazine groups is 1. The molecule has 2 amide bonds. The fourth-order valence-electron chi connectivity index (χ4n) is 1.42. The van der Waals surface area contributed by atoms with Gasteiger partial charge in [-0.3, -0.25) is 15.0 Å². The lowest BCUT2D eigenvalue weighted by atomic mass is 9.99. The van der Waals surface area contributed by atoms with Crippen LogP contribution in [-0.2, 0) is 14.3 Å². The second-order valence-corrected chi connectivity index (χ2v) is 3.71. The number of hydrogen-bond acceptors (Lipinski definition) is 8. The molecule has 1 fully saturated rings. The van der Waals surface area contributed by atoms with Crippen molar-refractivity contribution in [2.45, 2.75) is 30.6 Å². The Kier molecular flexibility index (Phi) is 4.95. The quantitative estimate of drug-likeness (QED) is 0.196. The van der Waals surface area contributed by atoms with Gasteiger partial charge in [-0.05, 0) is 0 Å². The average molecular weight is 265 g/mol. The maximum atomic E-state index is 10.8. The summed E-state index contributed by atoms with van der Waals surface area (Å²) in [7, 11) is 0. The van der Waals surface area contributed by atoms with Crippen LogP contribution in [0.5, 0.6) is 0 Å². The minimum absolute atomic E-state index is 0.604. The zero-order valence-corrected chi connectivity index (χ0v) is 9.18. The molecular weight excluding hydrogens is 250 g/mol. The van der Waals surface area contributed by atoms with Gasteiger partial charge in [0.25, 0.3) is 0 Å². The lowest BCUT2D eigenvalue weighted by Crippen LogP contribution is -2.65. The number of carbonyl (C=O) groups excluding carboxylic acids is 2. The van der Waals surface area contributed by atoms with Crippen LogP contribution in [0.1, 0.15) is 0 Å². The van der Waals surface area contributed by atoms with Crippen molar-refractivity contribution in [2.24, 2.45) is 5.73 Å². The number of primary amides is 1. The summed E-state index contributed by atoms with van der Waals surface area (Å²) < 4.78 is 4.97. The van der Waals surface area contributed by atoms with Gasteiger partial charge in [-0.1, -0.05) is 0 Å². The lowest BCUT2D eigenvalue weighted by molar-refractivity contribution is -0.238. The van der Waals surface area contributed by atoms with E-state index in [0.717, 1.165) is 0 Å². The molecular formula is C8H15N3O7. The molecule has 10 heteroatoms. The molecule has 1 heterocycles. The Morgan fingerprint density at radius 2 is 1.78 bits per heavy atom. The molecule has 0 spiro atoms. The van der Waals surface area contributed by atoms with Gasteiger partial charge in [0.2, 0.25) is 0 Å². The van der Waals surface area contributed by atoms with E-state index >= 15 is 0 Å². The zero-order valence-electron chi connectivity index (χ0n) is 9.18. The summed E-state index contributed by atoms with van der Waals surface area (Å²) in [5, 5.41) is 37.3. The molecule has 5 atom stereocenters. The maximum absolute atomic E-state index is 10.8. The smallest absolute Gasteiger partial charge is 0.323 e. The van der Waals surface area contributed by atoms with E-state index in [4.69, 9.17) is 9.84 Å². The van der Waals surface area contributed by atoms with Gasteiger partial charge in [0, 0.05) is 0 Å². The van der Waals surface area contributed by atoms with E-state index in [1.165, 1.54) is 0 Å². The monoisotopic (exact) mass is 265 g/mol. The Morgan fingerprint density at radius 1 is 1.17 bits per heavy atom. The molecule has 0 aromatic carbocycles. The molecule has 0 radical (unpaired) electrons. The van der Waals surface area contributed by atoms with Gasteiger partial charge in [0.1, 0.15) is 24.4 Å². The third kappa shape index (κ3) is 3.13. The number of ether oxygens (including phenoxy) is 1. The molecule has 1 rings (SSSR count). The Hall–Kier alpha value is -1.30. The first-order valence-corrected chi connectivity index (χ1v) is 5.04. The zero-order chi connectivity index (χ0) is 13.9. The highest BCUT2D eigenvalue weighted by Gasteiger charge is 2.43. The largest absolute Gasteiger partial charge is 0.394 e. The van der Waals surface area contributed by atoms with Crippen molar-refractivity contribution in [2.75, 3.05) is 6.61 Å². The first-order chi connectivity index (χ1) is 8.38. The van der Waals surface area contributed by atoms with Gasteiger partial charge in [-0.15, -0.1) is 0 Å². The van der Waals surface area contributed by atoms with Gasteiger partial charge >= 0.3 is 11.8 Å². The number of nitrogens with two attached hydrogens (primary N) is 1. The lowest BCUT2D eigenvalue weighted by Gasteiger charge is -2.40. The minimum atomic E-state index is -1.58. The molecule has 0 saturated carbocycles. The summed E-state index contributed by atoms with van der Waals surface area (Å²) in [6, 6.07) is 0. The first-order valence-electron chi connectivity index (χ1n) is 5.04. The van der Waals surface area contributed by atoms with Crippen LogP contribution in [0.15, 0.2) is 0 Å². The Labute approximate surface area is 101 Å². The SMILES string of the molecule is NC(=O)C(=O)NN[C@@H]1O[C@@H](CO)[C@@H](O)[C@H](O)[C@@H]1O. The van der Waals surface area contributed by atoms with E-state index in [9.17, 15) is 24.9 Å². The van der Waals surface area contributed by atoms with Crippen LogP contribution < -0.4 is 16.6 Å². The second kappa shape index (κ2) is 6.04. The van der Waals surface area contributed by atoms with Crippen molar-refractivity contribution < 1.29 is 34.8 Å². The molecule has 104 valence electrons. The summed E-state index contributed by atoms with van der Waals surface area (Å²) in [6.45, 7) is -0.604. The molecule has 1 aliphatic heterocycles. The average Bonchev–Trinajstić information content (AvgIpc) is 2.34. The molecule has 0 aliphatic carbocycles. The second-order valence-electron chi connectivity index (χ2n) is 3.71. The predicted molar refractivity (Wildman–Crippen MR) is 54.2 cm³/mol. The molecule has 8 N–H and O–H groups in total. The Morgan fingerprint density at radius 3 is 2.28 bits per heavy atom. The van der Waals surface area contributed by atoms with Crippen LogP contribution in [0.25, 0.3) is 0 Å². The fraction of sp³-hybridized carbons (Fsp3) is 0.750. The standard InChI is InChI=1S/C8H15N3O7/c9-6(16)7(17)10-11-8-5(15)4(14)3(13)2(1-12)18-8/h2-5,8,11-15H,1H2,(H2,9,16)(H,10,17)/t2-,3+,4-,5-,8+/m0/s1. The predicted octanol–water partition coefficient (Wildman–Crippen LogP) is -5.11. The van der Waals surface area contributed by atoms with Gasteiger partial charge < -0.3 is 30.9 Å². The van der Waals surface area contributed by atoms with E-state index in [0.29, 0.717) is 0 Å². The Balaban J connectivity index is 2.59. The highest BCUT2D eigenvalue weighted by Crippen LogP contribution is 2.19. The summed E-state index contributed by atoms with van der Waals surface area (Å²) in [5.41, 5.74) is 8.62. The van der Waals surface area contributed by atoms with Crippen LogP contribution in [-0.4, -0.2) is 69.5 Å². The van der Waals surface area contributed by atoms with Gasteiger partial charge in [-0.2, -0.15) is 0 Å². The van der Waals surface area contributed by atoms with E-state index in [2.05, 4.69) is 11.2 Å². The molecule has 1 aliphatic rings. The number of carbonyl (C=O) groups is 2. The maximum Gasteiger partial charge on any atom is 0.323 e. The third-order valence-corrected chi connectivity index (χ3v) is 2.44. The first kappa shape index (κ1) is 14.8. The van der Waals surface area contributed by atoms with Gasteiger partial charge in [-0.25, -0.2) is 5.43 Å². The fourth-order valence-corrected chi connectivity index (χ4v) is 1.42. The van der Waals surface area contributed by atoms with Crippen LogP contribution in [0, 0.1) is 0 Å². The minimum Gasteiger partial charge on any atom is -0.394 e. The molecule has 0 aromatic heterocycles. The highest BCUT2D eigenvalue weighted by atomic mass is 16.6. The summed E-state index contributed by atoms with van der Waals surface area (Å²) in [5.74, 6) is -2.43. The van der Waals surface area contributed by atoms with E-state index in [-0.39, 0.29) is 0 Å². The molecule has 0 bridgehead atoms. The van der Waals surface area contributed by atoms with Crippen molar-refractivity contribution in [1.82, 2.24) is 10.9 Å². The number of nitrogens with one attached hydrogen (secondary N) is 2. The van der Waals surface area contributed by atoms with Crippen molar-refractivity contribution in [3.05, 3.63) is 0 Å². The molecule has 0 aromatic rings. The molecule has 18 heavy (non-hydrogen) atoms. The molecule has 0 unspecified atom stereocenters. The number of aliphatic hydroxyl groups is 4. The number of rotatable bonds is 3. The van der Waals surface area contributed by atoms with Crippen LogP contribution in [0.4, 0.5) is 0 Å². The van der Waals surface area contributed by atoms with Crippen molar-refractivity contribution in [3.63, 3.8) is 0 Å². The van der Waals surface area contributed by atoms with Crippen LogP contribution >= 0.6 is 0 Å². The van der Waals surface area contributed by atoms with Crippen molar-refractivity contribution in [1.29, 1.82) is 0 Å². The number of hydrogen-bond donors (Lipinski definition) is 7.